The molecule has 1 aromatic heterocycles. The van der Waals surface area contributed by atoms with Gasteiger partial charge in [-0.1, -0.05) is 13.8 Å². The number of amides is 2. The van der Waals surface area contributed by atoms with E-state index in [1.165, 1.54) is 0 Å². The number of carbonyl (C=O) groups excluding carboxylic acids is 2. The number of ether oxygens (including phenoxy) is 1. The van der Waals surface area contributed by atoms with Crippen molar-refractivity contribution in [3.05, 3.63) is 18.0 Å². The third-order valence-electron chi connectivity index (χ3n) is 3.98. The summed E-state index contributed by atoms with van der Waals surface area (Å²) in [6, 6.07) is -0.188. The normalized spacial score (nSPS) is 21.2. The number of nitrogens with one attached hydrogen (secondary N) is 1. The molecule has 0 saturated carbocycles. The molecule has 1 aliphatic heterocycles. The summed E-state index contributed by atoms with van der Waals surface area (Å²) in [7, 11) is 1.85. The number of hydrogen-bond donors (Lipinski definition) is 1. The van der Waals surface area contributed by atoms with Crippen LogP contribution in [0.15, 0.2) is 12.4 Å². The van der Waals surface area contributed by atoms with Crippen LogP contribution in [0.2, 0.25) is 0 Å². The minimum atomic E-state index is -0.556. The van der Waals surface area contributed by atoms with Crippen LogP contribution in [0.5, 0.6) is 0 Å². The van der Waals surface area contributed by atoms with Crippen molar-refractivity contribution in [2.75, 3.05) is 13.1 Å². The predicted octanol–water partition coefficient (Wildman–Crippen LogP) is 1.90. The fourth-order valence-corrected chi connectivity index (χ4v) is 2.92. The maximum absolute atomic E-state index is 12.3. The van der Waals surface area contributed by atoms with Crippen molar-refractivity contribution in [1.29, 1.82) is 0 Å². The lowest BCUT2D eigenvalue weighted by molar-refractivity contribution is -0.133. The molecule has 2 amide bonds. The van der Waals surface area contributed by atoms with E-state index >= 15 is 0 Å². The van der Waals surface area contributed by atoms with E-state index in [2.05, 4.69) is 10.4 Å². The number of rotatable bonds is 3. The zero-order chi connectivity index (χ0) is 18.1. The van der Waals surface area contributed by atoms with E-state index in [1.807, 2.05) is 52.8 Å². The first-order chi connectivity index (χ1) is 11.1. The van der Waals surface area contributed by atoms with Crippen LogP contribution in [-0.2, 0) is 16.6 Å². The van der Waals surface area contributed by atoms with Crippen LogP contribution in [0.25, 0.3) is 0 Å². The number of alkyl carbamates (subject to hydrolysis) is 1. The summed E-state index contributed by atoms with van der Waals surface area (Å²) < 4.78 is 7.09. The van der Waals surface area contributed by atoms with Crippen molar-refractivity contribution in [3.8, 4) is 0 Å². The van der Waals surface area contributed by atoms with E-state index in [9.17, 15) is 9.59 Å². The predicted molar refractivity (Wildman–Crippen MR) is 90.5 cm³/mol. The molecule has 24 heavy (non-hydrogen) atoms. The topological polar surface area (TPSA) is 76.5 Å². The lowest BCUT2D eigenvalue weighted by atomic mass is 9.97. The summed E-state index contributed by atoms with van der Waals surface area (Å²) in [5.74, 6) is 0.0334. The molecule has 134 valence electrons. The summed E-state index contributed by atoms with van der Waals surface area (Å²) in [4.78, 5) is 26.3. The van der Waals surface area contributed by atoms with Crippen LogP contribution in [-0.4, -0.2) is 51.4 Å². The highest BCUT2D eigenvalue weighted by Gasteiger charge is 2.38. The molecule has 1 aromatic rings. The van der Waals surface area contributed by atoms with Crippen LogP contribution in [0.4, 0.5) is 4.79 Å². The molecule has 7 heteroatoms. The highest BCUT2D eigenvalue weighted by molar-refractivity contribution is 5.79. The first-order valence-electron chi connectivity index (χ1n) is 8.33. The van der Waals surface area contributed by atoms with Crippen molar-refractivity contribution in [2.45, 2.75) is 52.2 Å². The highest BCUT2D eigenvalue weighted by atomic mass is 16.6. The van der Waals surface area contributed by atoms with Crippen molar-refractivity contribution >= 4 is 12.0 Å². The number of likely N-dealkylation sites (tertiary alicyclic amines) is 1. The molecule has 1 fully saturated rings. The Kier molecular flexibility index (Phi) is 5.20. The zero-order valence-corrected chi connectivity index (χ0v) is 15.4. The summed E-state index contributed by atoms with van der Waals surface area (Å²) in [6.45, 7) is 10.3. The third-order valence-corrected chi connectivity index (χ3v) is 3.98. The molecule has 7 nitrogen and oxygen atoms in total. The fraction of sp³-hybridized carbons (Fsp3) is 0.706. The summed E-state index contributed by atoms with van der Waals surface area (Å²) >= 11 is 0. The van der Waals surface area contributed by atoms with E-state index in [-0.39, 0.29) is 23.8 Å². The molecule has 0 bridgehead atoms. The van der Waals surface area contributed by atoms with Crippen molar-refractivity contribution in [2.24, 2.45) is 13.0 Å². The highest BCUT2D eigenvalue weighted by Crippen LogP contribution is 2.28. The van der Waals surface area contributed by atoms with Crippen LogP contribution in [0.1, 0.15) is 46.1 Å². The Morgan fingerprint density at radius 1 is 1.33 bits per heavy atom. The number of nitrogens with zero attached hydrogens (tertiary/aromatic N) is 3. The Bertz CT molecular complexity index is 603. The molecule has 1 N–H and O–H groups in total. The zero-order valence-electron chi connectivity index (χ0n) is 15.4. The fourth-order valence-electron chi connectivity index (χ4n) is 2.92. The second-order valence-corrected chi connectivity index (χ2v) is 7.70. The molecule has 0 aromatic carbocycles. The van der Waals surface area contributed by atoms with Crippen LogP contribution >= 0.6 is 0 Å². The molecule has 2 rings (SSSR count). The van der Waals surface area contributed by atoms with E-state index in [4.69, 9.17) is 4.74 Å². The second kappa shape index (κ2) is 6.83. The summed E-state index contributed by atoms with van der Waals surface area (Å²) in [5, 5.41) is 7.13. The van der Waals surface area contributed by atoms with Gasteiger partial charge in [0.15, 0.2) is 0 Å². The van der Waals surface area contributed by atoms with Crippen LogP contribution in [0, 0.1) is 5.92 Å². The first kappa shape index (κ1) is 18.3. The number of hydrogen-bond acceptors (Lipinski definition) is 4. The minimum Gasteiger partial charge on any atom is -0.444 e. The van der Waals surface area contributed by atoms with Gasteiger partial charge in [0.1, 0.15) is 5.60 Å². The van der Waals surface area contributed by atoms with E-state index in [0.717, 1.165) is 5.56 Å². The van der Waals surface area contributed by atoms with Gasteiger partial charge in [-0.2, -0.15) is 5.10 Å². The maximum Gasteiger partial charge on any atom is 0.407 e. The van der Waals surface area contributed by atoms with Crippen LogP contribution in [0.3, 0.4) is 0 Å². The van der Waals surface area contributed by atoms with Gasteiger partial charge in [0.2, 0.25) is 5.91 Å². The lowest BCUT2D eigenvalue weighted by Gasteiger charge is -2.23. The van der Waals surface area contributed by atoms with Gasteiger partial charge in [0, 0.05) is 38.2 Å². The molecular formula is C17H28N4O3. The molecule has 0 aliphatic carbocycles. The quantitative estimate of drug-likeness (QED) is 0.914. The molecule has 1 aliphatic rings. The lowest BCUT2D eigenvalue weighted by Crippen LogP contribution is -2.43. The number of aromatic nitrogens is 2. The molecule has 2 atom stereocenters. The van der Waals surface area contributed by atoms with Gasteiger partial charge >= 0.3 is 6.09 Å². The molecule has 0 radical (unpaired) electrons. The van der Waals surface area contributed by atoms with Gasteiger partial charge < -0.3 is 15.0 Å². The standard InChI is InChI=1S/C17H28N4O3/c1-11(2)15(22)21-9-13(12-7-18-20(6)8-12)14(10-21)19-16(23)24-17(3,4)5/h7-8,11,13-14H,9-10H2,1-6H3,(H,19,23)/t13-,14+/m0/s1. The van der Waals surface area contributed by atoms with E-state index < -0.39 is 11.7 Å². The molecular weight excluding hydrogens is 308 g/mol. The minimum absolute atomic E-state index is 0.00826. The van der Waals surface area contributed by atoms with Crippen molar-refractivity contribution in [3.63, 3.8) is 0 Å². The summed E-state index contributed by atoms with van der Waals surface area (Å²) in [6.07, 6.45) is 3.26. The Morgan fingerprint density at radius 3 is 2.50 bits per heavy atom. The second-order valence-electron chi connectivity index (χ2n) is 7.70. The number of aryl methyl sites for hydroxylation is 1. The van der Waals surface area contributed by atoms with Gasteiger partial charge in [-0.15, -0.1) is 0 Å². The Labute approximate surface area is 143 Å². The van der Waals surface area contributed by atoms with Gasteiger partial charge in [0.05, 0.1) is 12.2 Å². The monoisotopic (exact) mass is 336 g/mol. The smallest absolute Gasteiger partial charge is 0.407 e. The van der Waals surface area contributed by atoms with Gasteiger partial charge in [-0.3, -0.25) is 9.48 Å². The third kappa shape index (κ3) is 4.49. The van der Waals surface area contributed by atoms with Gasteiger partial charge in [0.25, 0.3) is 0 Å². The van der Waals surface area contributed by atoms with Crippen LogP contribution < -0.4 is 5.32 Å². The van der Waals surface area contributed by atoms with E-state index in [0.29, 0.717) is 13.1 Å². The molecule has 0 spiro atoms. The average molecular weight is 336 g/mol. The van der Waals surface area contributed by atoms with E-state index in [1.54, 1.807) is 10.9 Å². The first-order valence-corrected chi connectivity index (χ1v) is 8.33. The van der Waals surface area contributed by atoms with Crippen molar-refractivity contribution in [1.82, 2.24) is 20.0 Å². The summed E-state index contributed by atoms with van der Waals surface area (Å²) in [5.41, 5.74) is 0.456. The molecule has 2 heterocycles. The number of carbonyl (C=O) groups is 2. The Balaban J connectivity index is 2.15. The Hall–Kier alpha value is -2.05. The molecule has 0 unspecified atom stereocenters. The largest absolute Gasteiger partial charge is 0.444 e. The Morgan fingerprint density at radius 2 is 2.00 bits per heavy atom. The van der Waals surface area contributed by atoms with Gasteiger partial charge in [-0.25, -0.2) is 4.79 Å². The SMILES string of the molecule is CC(C)C(=O)N1C[C@@H](NC(=O)OC(C)(C)C)[C@H](c2cnn(C)c2)C1. The molecule has 1 saturated heterocycles. The van der Waals surface area contributed by atoms with Crippen molar-refractivity contribution < 1.29 is 14.3 Å². The van der Waals surface area contributed by atoms with Gasteiger partial charge in [-0.05, 0) is 26.3 Å². The maximum atomic E-state index is 12.3. The average Bonchev–Trinajstić information content (AvgIpc) is 3.01.